The number of anilines is 1. The zero-order chi connectivity index (χ0) is 26.4. The van der Waals surface area contributed by atoms with E-state index in [9.17, 15) is 19.5 Å². The van der Waals surface area contributed by atoms with Crippen molar-refractivity contribution in [3.8, 4) is 11.5 Å². The van der Waals surface area contributed by atoms with Crippen molar-refractivity contribution in [2.75, 3.05) is 18.1 Å². The third kappa shape index (κ3) is 4.29. The van der Waals surface area contributed by atoms with E-state index in [2.05, 4.69) is 18.8 Å². The average Bonchev–Trinajstić information content (AvgIpc) is 3.40. The number of carbonyl (C=O) groups excluding carboxylic acids is 3. The molecule has 0 saturated carbocycles. The van der Waals surface area contributed by atoms with Gasteiger partial charge in [0.2, 0.25) is 0 Å². The van der Waals surface area contributed by atoms with E-state index in [0.717, 1.165) is 16.9 Å². The number of aromatic nitrogens is 1. The number of carbonyl (C=O) groups is 3. The van der Waals surface area contributed by atoms with Gasteiger partial charge in [-0.3, -0.25) is 19.3 Å². The molecule has 0 bridgehead atoms. The highest BCUT2D eigenvalue weighted by Gasteiger charge is 2.48. The summed E-state index contributed by atoms with van der Waals surface area (Å²) in [4.78, 5) is 45.1. The van der Waals surface area contributed by atoms with E-state index >= 15 is 0 Å². The van der Waals surface area contributed by atoms with Gasteiger partial charge in [0.1, 0.15) is 19.0 Å². The fraction of sp³-hybridized carbons (Fsp3) is 0.286. The number of aliphatic hydroxyl groups is 1. The Kier molecular flexibility index (Phi) is 6.33. The largest absolute Gasteiger partial charge is 0.507 e. The number of amides is 1. The van der Waals surface area contributed by atoms with Crippen LogP contribution < -0.4 is 14.4 Å². The van der Waals surface area contributed by atoms with Crippen molar-refractivity contribution >= 4 is 39.7 Å². The number of ether oxygens (including phenoxy) is 2. The number of aryl methyl sites for hydroxylation is 1. The third-order valence-electron chi connectivity index (χ3n) is 6.49. The maximum Gasteiger partial charge on any atom is 0.301 e. The minimum atomic E-state index is -0.931. The standard InChI is InChI=1S/C28H26N2O6S/c1-14(2)17-5-7-18(8-6-17)23-22(24(32)19-9-10-20-21(13-19)36-12-11-35-20)25(33)27(34)30(23)28-29-15(3)26(37-28)16(4)31/h5-10,13-14,23,32H,11-12H2,1-4H3/b24-22-. The summed E-state index contributed by atoms with van der Waals surface area (Å²) in [5.41, 5.74) is 2.48. The van der Waals surface area contributed by atoms with E-state index in [1.807, 2.05) is 24.3 Å². The number of Topliss-reactive ketones (excluding diaryl/α,β-unsaturated/α-hetero) is 2. The Balaban J connectivity index is 1.69. The van der Waals surface area contributed by atoms with Gasteiger partial charge in [-0.1, -0.05) is 49.4 Å². The highest BCUT2D eigenvalue weighted by Crippen LogP contribution is 2.45. The molecule has 5 rings (SSSR count). The molecule has 190 valence electrons. The topological polar surface area (TPSA) is 106 Å². The van der Waals surface area contributed by atoms with Gasteiger partial charge in [0.05, 0.1) is 22.2 Å². The Bertz CT molecular complexity index is 1450. The Morgan fingerprint density at radius 3 is 2.38 bits per heavy atom. The van der Waals surface area contributed by atoms with Crippen molar-refractivity contribution in [1.82, 2.24) is 4.98 Å². The number of hydrogen-bond acceptors (Lipinski definition) is 8. The first-order valence-corrected chi connectivity index (χ1v) is 12.8. The molecule has 1 unspecified atom stereocenters. The lowest BCUT2D eigenvalue weighted by Crippen LogP contribution is -2.29. The molecule has 1 atom stereocenters. The highest BCUT2D eigenvalue weighted by atomic mass is 32.1. The Morgan fingerprint density at radius 1 is 1.08 bits per heavy atom. The molecule has 1 saturated heterocycles. The normalized spacial score (nSPS) is 18.5. The molecule has 1 amide bonds. The van der Waals surface area contributed by atoms with Gasteiger partial charge >= 0.3 is 5.91 Å². The summed E-state index contributed by atoms with van der Waals surface area (Å²) >= 11 is 1.06. The molecule has 2 aromatic carbocycles. The second-order valence-corrected chi connectivity index (χ2v) is 10.3. The average molecular weight is 519 g/mol. The van der Waals surface area contributed by atoms with Gasteiger partial charge in [-0.05, 0) is 42.2 Å². The Morgan fingerprint density at radius 2 is 1.76 bits per heavy atom. The molecule has 1 fully saturated rings. The summed E-state index contributed by atoms with van der Waals surface area (Å²) in [5, 5.41) is 11.6. The van der Waals surface area contributed by atoms with E-state index in [4.69, 9.17) is 9.47 Å². The Hall–Kier alpha value is -3.98. The van der Waals surface area contributed by atoms with E-state index in [1.165, 1.54) is 11.8 Å². The van der Waals surface area contributed by atoms with Crippen molar-refractivity contribution < 1.29 is 29.0 Å². The lowest BCUT2D eigenvalue weighted by Gasteiger charge is -2.24. The summed E-state index contributed by atoms with van der Waals surface area (Å²) in [6.45, 7) is 8.06. The second-order valence-electron chi connectivity index (χ2n) is 9.32. The van der Waals surface area contributed by atoms with Crippen LogP contribution in [0.2, 0.25) is 0 Å². The van der Waals surface area contributed by atoms with Crippen LogP contribution in [0, 0.1) is 6.92 Å². The van der Waals surface area contributed by atoms with Gasteiger partial charge in [-0.2, -0.15) is 0 Å². The first-order chi connectivity index (χ1) is 17.7. The van der Waals surface area contributed by atoms with Crippen LogP contribution in [0.4, 0.5) is 5.13 Å². The molecule has 3 heterocycles. The monoisotopic (exact) mass is 518 g/mol. The summed E-state index contributed by atoms with van der Waals surface area (Å²) in [6.07, 6.45) is 0. The highest BCUT2D eigenvalue weighted by molar-refractivity contribution is 7.18. The van der Waals surface area contributed by atoms with E-state index in [1.54, 1.807) is 25.1 Å². The predicted molar refractivity (Wildman–Crippen MR) is 140 cm³/mol. The molecule has 0 aliphatic carbocycles. The fourth-order valence-electron chi connectivity index (χ4n) is 4.57. The van der Waals surface area contributed by atoms with E-state index in [0.29, 0.717) is 46.4 Å². The van der Waals surface area contributed by atoms with Crippen molar-refractivity contribution in [3.63, 3.8) is 0 Å². The van der Waals surface area contributed by atoms with Crippen LogP contribution in [-0.4, -0.2) is 40.8 Å². The molecule has 37 heavy (non-hydrogen) atoms. The lowest BCUT2D eigenvalue weighted by atomic mass is 9.93. The Labute approximate surface area is 218 Å². The molecule has 9 heteroatoms. The van der Waals surface area contributed by atoms with Gasteiger partial charge in [-0.15, -0.1) is 0 Å². The van der Waals surface area contributed by atoms with E-state index in [-0.39, 0.29) is 28.2 Å². The van der Waals surface area contributed by atoms with E-state index < -0.39 is 17.7 Å². The van der Waals surface area contributed by atoms with Gasteiger partial charge in [0.25, 0.3) is 5.78 Å². The molecule has 0 spiro atoms. The van der Waals surface area contributed by atoms with Crippen LogP contribution >= 0.6 is 11.3 Å². The van der Waals surface area contributed by atoms with Crippen molar-refractivity contribution in [1.29, 1.82) is 0 Å². The number of fused-ring (bicyclic) bond motifs is 1. The summed E-state index contributed by atoms with van der Waals surface area (Å²) < 4.78 is 11.2. The minimum absolute atomic E-state index is 0.0591. The van der Waals surface area contributed by atoms with Crippen LogP contribution in [0.15, 0.2) is 48.0 Å². The number of rotatable bonds is 5. The van der Waals surface area contributed by atoms with Crippen molar-refractivity contribution in [2.45, 2.75) is 39.7 Å². The van der Waals surface area contributed by atoms with Crippen molar-refractivity contribution in [2.24, 2.45) is 0 Å². The van der Waals surface area contributed by atoms with Crippen LogP contribution in [0.3, 0.4) is 0 Å². The zero-order valence-electron chi connectivity index (χ0n) is 20.9. The van der Waals surface area contributed by atoms with Gasteiger partial charge < -0.3 is 14.6 Å². The van der Waals surface area contributed by atoms with Crippen LogP contribution in [0.25, 0.3) is 5.76 Å². The summed E-state index contributed by atoms with van der Waals surface area (Å²) in [5.74, 6) is -0.868. The lowest BCUT2D eigenvalue weighted by molar-refractivity contribution is -0.132. The molecule has 2 aliphatic heterocycles. The first-order valence-electron chi connectivity index (χ1n) is 12.0. The van der Waals surface area contributed by atoms with Gasteiger partial charge in [0, 0.05) is 12.5 Å². The molecular weight excluding hydrogens is 492 g/mol. The molecule has 3 aromatic rings. The molecule has 0 radical (unpaired) electrons. The number of ketones is 2. The molecule has 2 aliphatic rings. The maximum atomic E-state index is 13.4. The maximum absolute atomic E-state index is 13.4. The molecular formula is C28H26N2O6S. The van der Waals surface area contributed by atoms with Crippen LogP contribution in [-0.2, 0) is 9.59 Å². The number of nitrogens with zero attached hydrogens (tertiary/aromatic N) is 2. The smallest absolute Gasteiger partial charge is 0.301 e. The molecule has 1 N–H and O–H groups in total. The zero-order valence-corrected chi connectivity index (χ0v) is 21.7. The second kappa shape index (κ2) is 9.48. The number of benzene rings is 2. The molecule has 8 nitrogen and oxygen atoms in total. The van der Waals surface area contributed by atoms with Crippen LogP contribution in [0.5, 0.6) is 11.5 Å². The number of thiazole rings is 1. The van der Waals surface area contributed by atoms with Gasteiger partial charge in [-0.25, -0.2) is 4.98 Å². The minimum Gasteiger partial charge on any atom is -0.507 e. The summed E-state index contributed by atoms with van der Waals surface area (Å²) in [7, 11) is 0. The molecule has 1 aromatic heterocycles. The predicted octanol–water partition coefficient (Wildman–Crippen LogP) is 5.18. The van der Waals surface area contributed by atoms with Crippen molar-refractivity contribution in [3.05, 3.63) is 75.3 Å². The quantitative estimate of drug-likeness (QED) is 0.215. The third-order valence-corrected chi connectivity index (χ3v) is 7.75. The van der Waals surface area contributed by atoms with Crippen LogP contribution in [0.1, 0.15) is 64.8 Å². The number of aliphatic hydroxyl groups excluding tert-OH is 1. The summed E-state index contributed by atoms with van der Waals surface area (Å²) in [6, 6.07) is 11.5. The number of hydrogen-bond donors (Lipinski definition) is 1. The first kappa shape index (κ1) is 24.7. The fourth-order valence-corrected chi connectivity index (χ4v) is 5.56. The van der Waals surface area contributed by atoms with Gasteiger partial charge in [0.15, 0.2) is 22.4 Å². The SMILES string of the molecule is CC(=O)c1sc(N2C(=O)C(=O)/C(=C(\O)c3ccc4c(c3)OCCO4)C2c2ccc(C(C)C)cc2)nc1C.